The highest BCUT2D eigenvalue weighted by Crippen LogP contribution is 2.21. The van der Waals surface area contributed by atoms with Crippen LogP contribution in [0.15, 0.2) is 24.3 Å². The van der Waals surface area contributed by atoms with Crippen molar-refractivity contribution in [2.24, 2.45) is 0 Å². The van der Waals surface area contributed by atoms with Crippen LogP contribution in [0.1, 0.15) is 31.4 Å². The van der Waals surface area contributed by atoms with E-state index in [1.807, 2.05) is 19.2 Å². The fraction of sp³-hybridized carbons (Fsp3) is 0.571. The number of benzene rings is 1. The molecule has 0 fully saturated rings. The van der Waals surface area contributed by atoms with Crippen molar-refractivity contribution in [2.75, 3.05) is 27.2 Å². The zero-order chi connectivity index (χ0) is 12.7. The van der Waals surface area contributed by atoms with Gasteiger partial charge >= 0.3 is 0 Å². The summed E-state index contributed by atoms with van der Waals surface area (Å²) in [5, 5.41) is 3.99. The summed E-state index contributed by atoms with van der Waals surface area (Å²) in [5.74, 6) is 0. The second kappa shape index (κ2) is 7.70. The molecule has 0 radical (unpaired) electrons. The van der Waals surface area contributed by atoms with Crippen LogP contribution in [0.2, 0.25) is 5.02 Å². The molecule has 1 atom stereocenters. The molecule has 2 nitrogen and oxygen atoms in total. The van der Waals surface area contributed by atoms with Crippen LogP contribution in [0, 0.1) is 0 Å². The van der Waals surface area contributed by atoms with Crippen molar-refractivity contribution >= 4 is 11.6 Å². The molecule has 0 saturated carbocycles. The Kier molecular flexibility index (Phi) is 6.56. The van der Waals surface area contributed by atoms with Gasteiger partial charge in [-0.1, -0.05) is 23.7 Å². The van der Waals surface area contributed by atoms with Gasteiger partial charge in [0.25, 0.3) is 0 Å². The van der Waals surface area contributed by atoms with E-state index in [1.165, 1.54) is 18.4 Å². The molecular formula is C14H23ClN2. The summed E-state index contributed by atoms with van der Waals surface area (Å²) in [6.45, 7) is 4.44. The Labute approximate surface area is 110 Å². The normalized spacial score (nSPS) is 13.0. The molecule has 96 valence electrons. The van der Waals surface area contributed by atoms with Crippen LogP contribution >= 0.6 is 11.6 Å². The van der Waals surface area contributed by atoms with Gasteiger partial charge in [0.2, 0.25) is 0 Å². The predicted molar refractivity (Wildman–Crippen MR) is 75.7 cm³/mol. The van der Waals surface area contributed by atoms with Crippen LogP contribution in [0.5, 0.6) is 0 Å². The molecule has 0 aromatic heterocycles. The molecule has 0 aliphatic heterocycles. The number of halogens is 1. The number of hydrogen-bond acceptors (Lipinski definition) is 2. The van der Waals surface area contributed by atoms with Gasteiger partial charge in [-0.25, -0.2) is 0 Å². The Morgan fingerprint density at radius 2 is 2.12 bits per heavy atom. The lowest BCUT2D eigenvalue weighted by Crippen LogP contribution is -2.24. The molecule has 1 N–H and O–H groups in total. The predicted octanol–water partition coefficient (Wildman–Crippen LogP) is 3.33. The first kappa shape index (κ1) is 14.5. The lowest BCUT2D eigenvalue weighted by Gasteiger charge is -2.25. The van der Waals surface area contributed by atoms with Crippen molar-refractivity contribution in [3.05, 3.63) is 34.9 Å². The first-order chi connectivity index (χ1) is 8.15. The topological polar surface area (TPSA) is 15.3 Å². The quantitative estimate of drug-likeness (QED) is 0.751. The SMILES string of the molecule is CNCCCCN(C)C(C)c1cccc(Cl)c1. The molecule has 0 saturated heterocycles. The minimum Gasteiger partial charge on any atom is -0.320 e. The third-order valence-corrected chi connectivity index (χ3v) is 3.41. The van der Waals surface area contributed by atoms with E-state index in [9.17, 15) is 0 Å². The summed E-state index contributed by atoms with van der Waals surface area (Å²) in [6, 6.07) is 8.55. The van der Waals surface area contributed by atoms with Crippen molar-refractivity contribution in [3.8, 4) is 0 Å². The van der Waals surface area contributed by atoms with Gasteiger partial charge in [-0.15, -0.1) is 0 Å². The zero-order valence-electron chi connectivity index (χ0n) is 11.0. The number of unbranched alkanes of at least 4 members (excludes halogenated alkanes) is 1. The number of nitrogens with one attached hydrogen (secondary N) is 1. The van der Waals surface area contributed by atoms with Crippen molar-refractivity contribution in [3.63, 3.8) is 0 Å². The highest BCUT2D eigenvalue weighted by Gasteiger charge is 2.11. The van der Waals surface area contributed by atoms with Gasteiger partial charge in [-0.05, 0) is 64.6 Å². The molecule has 17 heavy (non-hydrogen) atoms. The fourth-order valence-corrected chi connectivity index (χ4v) is 2.08. The van der Waals surface area contributed by atoms with E-state index in [0.717, 1.165) is 18.1 Å². The smallest absolute Gasteiger partial charge is 0.0409 e. The molecule has 0 aliphatic carbocycles. The maximum atomic E-state index is 6.01. The van der Waals surface area contributed by atoms with Crippen LogP contribution in [0.3, 0.4) is 0 Å². The Balaban J connectivity index is 2.43. The van der Waals surface area contributed by atoms with Crippen molar-refractivity contribution in [1.82, 2.24) is 10.2 Å². The zero-order valence-corrected chi connectivity index (χ0v) is 11.8. The summed E-state index contributed by atoms with van der Waals surface area (Å²) in [5.41, 5.74) is 1.29. The molecule has 0 heterocycles. The Morgan fingerprint density at radius 3 is 2.76 bits per heavy atom. The minimum atomic E-state index is 0.420. The average Bonchev–Trinajstić information content (AvgIpc) is 2.33. The molecule has 0 aliphatic rings. The number of hydrogen-bond donors (Lipinski definition) is 1. The second-order valence-electron chi connectivity index (χ2n) is 4.52. The van der Waals surface area contributed by atoms with Crippen LogP contribution in [-0.4, -0.2) is 32.1 Å². The summed E-state index contributed by atoms with van der Waals surface area (Å²) < 4.78 is 0. The van der Waals surface area contributed by atoms with Gasteiger partial charge in [-0.3, -0.25) is 4.90 Å². The Bertz CT molecular complexity index is 328. The first-order valence-corrected chi connectivity index (χ1v) is 6.63. The summed E-state index contributed by atoms with van der Waals surface area (Å²) in [6.07, 6.45) is 2.45. The maximum Gasteiger partial charge on any atom is 0.0409 e. The summed E-state index contributed by atoms with van der Waals surface area (Å²) >= 11 is 6.01. The third kappa shape index (κ3) is 5.07. The van der Waals surface area contributed by atoms with E-state index >= 15 is 0 Å². The summed E-state index contributed by atoms with van der Waals surface area (Å²) in [7, 11) is 4.17. The number of nitrogens with zero attached hydrogens (tertiary/aromatic N) is 1. The Morgan fingerprint density at radius 1 is 1.35 bits per heavy atom. The highest BCUT2D eigenvalue weighted by molar-refractivity contribution is 6.30. The van der Waals surface area contributed by atoms with Gasteiger partial charge < -0.3 is 5.32 Å². The minimum absolute atomic E-state index is 0.420. The highest BCUT2D eigenvalue weighted by atomic mass is 35.5. The first-order valence-electron chi connectivity index (χ1n) is 6.25. The van der Waals surface area contributed by atoms with E-state index in [1.54, 1.807) is 0 Å². The molecule has 1 aromatic rings. The van der Waals surface area contributed by atoms with Crippen LogP contribution < -0.4 is 5.32 Å². The molecule has 3 heteroatoms. The lowest BCUT2D eigenvalue weighted by molar-refractivity contribution is 0.256. The number of rotatable bonds is 7. The van der Waals surface area contributed by atoms with Gasteiger partial charge in [0.05, 0.1) is 0 Å². The monoisotopic (exact) mass is 254 g/mol. The Hall–Kier alpha value is -0.570. The van der Waals surface area contributed by atoms with Crippen molar-refractivity contribution < 1.29 is 0 Å². The third-order valence-electron chi connectivity index (χ3n) is 3.18. The van der Waals surface area contributed by atoms with Gasteiger partial charge in [-0.2, -0.15) is 0 Å². The molecule has 0 spiro atoms. The molecule has 0 amide bonds. The largest absolute Gasteiger partial charge is 0.320 e. The molecular weight excluding hydrogens is 232 g/mol. The average molecular weight is 255 g/mol. The van der Waals surface area contributed by atoms with Crippen LogP contribution in [0.4, 0.5) is 0 Å². The molecule has 1 aromatic carbocycles. The van der Waals surface area contributed by atoms with Gasteiger partial charge in [0, 0.05) is 11.1 Å². The molecule has 0 bridgehead atoms. The van der Waals surface area contributed by atoms with E-state index < -0.39 is 0 Å². The van der Waals surface area contributed by atoms with E-state index in [4.69, 9.17) is 11.6 Å². The van der Waals surface area contributed by atoms with Crippen LogP contribution in [0.25, 0.3) is 0 Å². The van der Waals surface area contributed by atoms with Crippen LogP contribution in [-0.2, 0) is 0 Å². The van der Waals surface area contributed by atoms with E-state index in [0.29, 0.717) is 6.04 Å². The van der Waals surface area contributed by atoms with Crippen molar-refractivity contribution in [2.45, 2.75) is 25.8 Å². The molecule has 1 rings (SSSR count). The fourth-order valence-electron chi connectivity index (χ4n) is 1.88. The maximum absolute atomic E-state index is 6.01. The van der Waals surface area contributed by atoms with Gasteiger partial charge in [0.1, 0.15) is 0 Å². The van der Waals surface area contributed by atoms with E-state index in [2.05, 4.69) is 36.3 Å². The van der Waals surface area contributed by atoms with Crippen molar-refractivity contribution in [1.29, 1.82) is 0 Å². The van der Waals surface area contributed by atoms with Gasteiger partial charge in [0.15, 0.2) is 0 Å². The second-order valence-corrected chi connectivity index (χ2v) is 4.96. The van der Waals surface area contributed by atoms with E-state index in [-0.39, 0.29) is 0 Å². The molecule has 1 unspecified atom stereocenters. The summed E-state index contributed by atoms with van der Waals surface area (Å²) in [4.78, 5) is 2.38. The standard InChI is InChI=1S/C14H23ClN2/c1-12(13-7-6-8-14(15)11-13)17(3)10-5-4-9-16-2/h6-8,11-12,16H,4-5,9-10H2,1-3H3. The lowest BCUT2D eigenvalue weighted by atomic mass is 10.1.